The van der Waals surface area contributed by atoms with E-state index in [0.717, 1.165) is 41.7 Å². The number of ether oxygens (including phenoxy) is 1. The molecular weight excluding hydrogens is 328 g/mol. The number of nitrogens with zero attached hydrogens (tertiary/aromatic N) is 3. The van der Waals surface area contributed by atoms with E-state index >= 15 is 0 Å². The molecule has 2 atom stereocenters. The highest BCUT2D eigenvalue weighted by atomic mass is 16.6. The van der Waals surface area contributed by atoms with Crippen molar-refractivity contribution in [1.82, 2.24) is 15.3 Å². The average Bonchev–Trinajstić information content (AvgIpc) is 2.53. The molecule has 140 valence electrons. The van der Waals surface area contributed by atoms with Crippen molar-refractivity contribution in [1.29, 1.82) is 0 Å². The van der Waals surface area contributed by atoms with Crippen molar-refractivity contribution in [2.45, 2.75) is 65.1 Å². The van der Waals surface area contributed by atoms with Gasteiger partial charge in [-0.05, 0) is 59.1 Å². The van der Waals surface area contributed by atoms with Crippen LogP contribution in [0.15, 0.2) is 24.5 Å². The lowest BCUT2D eigenvalue weighted by Crippen LogP contribution is -2.50. The van der Waals surface area contributed by atoms with Crippen LogP contribution in [-0.2, 0) is 4.74 Å². The maximum Gasteiger partial charge on any atom is 0.407 e. The molecule has 3 rings (SSSR count). The Balaban J connectivity index is 1.72. The lowest BCUT2D eigenvalue weighted by molar-refractivity contribution is 0.0494. The second-order valence-electron chi connectivity index (χ2n) is 8.08. The van der Waals surface area contributed by atoms with Crippen LogP contribution in [0.4, 0.5) is 10.6 Å². The van der Waals surface area contributed by atoms with Gasteiger partial charge >= 0.3 is 6.09 Å². The smallest absolute Gasteiger partial charge is 0.407 e. The van der Waals surface area contributed by atoms with Crippen LogP contribution in [0.25, 0.3) is 10.9 Å². The SMILES string of the molecule is Cc1cccc2c(N3CCC(NC(=O)OC(C)(C)C)CC3C)ncnc12. The number of anilines is 1. The lowest BCUT2D eigenvalue weighted by atomic mass is 9.97. The van der Waals surface area contributed by atoms with Gasteiger partial charge in [-0.2, -0.15) is 0 Å². The second-order valence-corrected chi connectivity index (χ2v) is 8.08. The number of rotatable bonds is 2. The topological polar surface area (TPSA) is 67.4 Å². The van der Waals surface area contributed by atoms with Crippen LogP contribution in [0.3, 0.4) is 0 Å². The van der Waals surface area contributed by atoms with Crippen molar-refractivity contribution >= 4 is 22.8 Å². The van der Waals surface area contributed by atoms with Crippen LogP contribution in [0.1, 0.15) is 46.1 Å². The lowest BCUT2D eigenvalue weighted by Gasteiger charge is -2.39. The fourth-order valence-corrected chi connectivity index (χ4v) is 3.54. The van der Waals surface area contributed by atoms with E-state index in [1.54, 1.807) is 6.33 Å². The third-order valence-corrected chi connectivity index (χ3v) is 4.71. The van der Waals surface area contributed by atoms with Crippen molar-refractivity contribution in [3.05, 3.63) is 30.1 Å². The summed E-state index contributed by atoms with van der Waals surface area (Å²) in [5.74, 6) is 0.974. The van der Waals surface area contributed by atoms with E-state index in [1.807, 2.05) is 26.8 Å². The monoisotopic (exact) mass is 356 g/mol. The van der Waals surface area contributed by atoms with E-state index in [4.69, 9.17) is 4.74 Å². The number of piperidine rings is 1. The number of nitrogens with one attached hydrogen (secondary N) is 1. The molecule has 0 saturated carbocycles. The minimum Gasteiger partial charge on any atom is -0.444 e. The number of amides is 1. The first kappa shape index (κ1) is 18.4. The average molecular weight is 356 g/mol. The highest BCUT2D eigenvalue weighted by molar-refractivity contribution is 5.91. The van der Waals surface area contributed by atoms with E-state index in [2.05, 4.69) is 46.2 Å². The summed E-state index contributed by atoms with van der Waals surface area (Å²) in [5.41, 5.74) is 1.67. The highest BCUT2D eigenvalue weighted by Crippen LogP contribution is 2.30. The number of hydrogen-bond donors (Lipinski definition) is 1. The summed E-state index contributed by atoms with van der Waals surface area (Å²) in [6.45, 7) is 10.7. The fraction of sp³-hybridized carbons (Fsp3) is 0.550. The minimum absolute atomic E-state index is 0.117. The Morgan fingerprint density at radius 2 is 2.08 bits per heavy atom. The van der Waals surface area contributed by atoms with Crippen molar-refractivity contribution < 1.29 is 9.53 Å². The third kappa shape index (κ3) is 4.06. The molecular formula is C20H28N4O2. The molecule has 2 heterocycles. The van der Waals surface area contributed by atoms with Crippen molar-refractivity contribution in [2.75, 3.05) is 11.4 Å². The molecule has 1 N–H and O–H groups in total. The first-order chi connectivity index (χ1) is 12.2. The second kappa shape index (κ2) is 7.09. The molecule has 0 bridgehead atoms. The molecule has 1 fully saturated rings. The van der Waals surface area contributed by atoms with Gasteiger partial charge in [-0.15, -0.1) is 0 Å². The molecule has 26 heavy (non-hydrogen) atoms. The van der Waals surface area contributed by atoms with E-state index in [1.165, 1.54) is 0 Å². The number of fused-ring (bicyclic) bond motifs is 1. The Hall–Kier alpha value is -2.37. The first-order valence-corrected chi connectivity index (χ1v) is 9.21. The van der Waals surface area contributed by atoms with Gasteiger partial charge in [0, 0.05) is 24.0 Å². The number of aromatic nitrogens is 2. The van der Waals surface area contributed by atoms with Gasteiger partial charge in [0.05, 0.1) is 5.52 Å². The molecule has 2 unspecified atom stereocenters. The fourth-order valence-electron chi connectivity index (χ4n) is 3.54. The molecule has 6 heteroatoms. The molecule has 0 aliphatic carbocycles. The standard InChI is InChI=1S/C20H28N4O2/c1-13-7-6-8-16-17(13)21-12-22-18(16)24-10-9-15(11-14(24)2)23-19(25)26-20(3,4)5/h6-8,12,14-15H,9-11H2,1-5H3,(H,23,25). The van der Waals surface area contributed by atoms with Crippen LogP contribution in [0, 0.1) is 6.92 Å². The van der Waals surface area contributed by atoms with E-state index in [9.17, 15) is 4.79 Å². The van der Waals surface area contributed by atoms with Crippen LogP contribution in [0.5, 0.6) is 0 Å². The third-order valence-electron chi connectivity index (χ3n) is 4.71. The van der Waals surface area contributed by atoms with Gasteiger partial charge in [0.1, 0.15) is 17.7 Å². The Morgan fingerprint density at radius 3 is 2.77 bits per heavy atom. The maximum atomic E-state index is 12.0. The summed E-state index contributed by atoms with van der Waals surface area (Å²) in [6.07, 6.45) is 3.02. The number of carbonyl (C=O) groups excluding carboxylic acids is 1. The van der Waals surface area contributed by atoms with Gasteiger partial charge in [0.15, 0.2) is 0 Å². The summed E-state index contributed by atoms with van der Waals surface area (Å²) >= 11 is 0. The summed E-state index contributed by atoms with van der Waals surface area (Å²) in [7, 11) is 0. The molecule has 1 aromatic carbocycles. The predicted molar refractivity (Wildman–Crippen MR) is 103 cm³/mol. The van der Waals surface area contributed by atoms with Gasteiger partial charge < -0.3 is 15.0 Å². The van der Waals surface area contributed by atoms with Crippen molar-refractivity contribution in [2.24, 2.45) is 0 Å². The largest absolute Gasteiger partial charge is 0.444 e. The van der Waals surface area contributed by atoms with Gasteiger partial charge in [0.2, 0.25) is 0 Å². The molecule has 0 radical (unpaired) electrons. The molecule has 6 nitrogen and oxygen atoms in total. The number of hydrogen-bond acceptors (Lipinski definition) is 5. The molecule has 0 spiro atoms. The molecule has 1 saturated heterocycles. The molecule has 1 aliphatic rings. The Bertz CT molecular complexity index is 800. The quantitative estimate of drug-likeness (QED) is 0.886. The number of alkyl carbamates (subject to hydrolysis) is 1. The summed E-state index contributed by atoms with van der Waals surface area (Å²) < 4.78 is 5.37. The van der Waals surface area contributed by atoms with Crippen LogP contribution < -0.4 is 10.2 Å². The Kier molecular flexibility index (Phi) is 5.03. The normalized spacial score (nSPS) is 20.9. The molecule has 1 aliphatic heterocycles. The van der Waals surface area contributed by atoms with E-state index < -0.39 is 5.60 Å². The van der Waals surface area contributed by atoms with Gasteiger partial charge in [0.25, 0.3) is 0 Å². The van der Waals surface area contributed by atoms with E-state index in [0.29, 0.717) is 0 Å². The number of para-hydroxylation sites is 1. The highest BCUT2D eigenvalue weighted by Gasteiger charge is 2.29. The number of benzene rings is 1. The maximum absolute atomic E-state index is 12.0. The van der Waals surface area contributed by atoms with E-state index in [-0.39, 0.29) is 18.2 Å². The summed E-state index contributed by atoms with van der Waals surface area (Å²) in [4.78, 5) is 23.3. The van der Waals surface area contributed by atoms with Crippen LogP contribution >= 0.6 is 0 Å². The predicted octanol–water partition coefficient (Wildman–Crippen LogP) is 3.82. The zero-order valence-electron chi connectivity index (χ0n) is 16.2. The van der Waals surface area contributed by atoms with Gasteiger partial charge in [-0.1, -0.05) is 12.1 Å². The van der Waals surface area contributed by atoms with Crippen molar-refractivity contribution in [3.8, 4) is 0 Å². The minimum atomic E-state index is -0.478. The Morgan fingerprint density at radius 1 is 1.31 bits per heavy atom. The van der Waals surface area contributed by atoms with Gasteiger partial charge in [-0.3, -0.25) is 0 Å². The number of carbonyl (C=O) groups is 1. The zero-order chi connectivity index (χ0) is 18.9. The van der Waals surface area contributed by atoms with Crippen molar-refractivity contribution in [3.63, 3.8) is 0 Å². The first-order valence-electron chi connectivity index (χ1n) is 9.21. The summed E-state index contributed by atoms with van der Waals surface area (Å²) in [5, 5.41) is 4.08. The van der Waals surface area contributed by atoms with Crippen LogP contribution in [0.2, 0.25) is 0 Å². The Labute approximate surface area is 155 Å². The van der Waals surface area contributed by atoms with Crippen LogP contribution in [-0.4, -0.2) is 40.3 Å². The molecule has 2 aromatic rings. The summed E-state index contributed by atoms with van der Waals surface area (Å²) in [6, 6.07) is 6.58. The molecule has 1 aromatic heterocycles. The number of aryl methyl sites for hydroxylation is 1. The zero-order valence-corrected chi connectivity index (χ0v) is 16.2. The molecule has 1 amide bonds. The van der Waals surface area contributed by atoms with Gasteiger partial charge in [-0.25, -0.2) is 14.8 Å².